The zero-order chi connectivity index (χ0) is 12.3. The smallest absolute Gasteiger partial charge is 0.258 e. The molecular weight excluding hydrogens is 239 g/mol. The monoisotopic (exact) mass is 248 g/mol. The summed E-state index contributed by atoms with van der Waals surface area (Å²) in [5.74, 6) is -0.765. The normalized spacial score (nSPS) is 9.94. The molecule has 1 aromatic heterocycles. The Bertz CT molecular complexity index is 609. The summed E-state index contributed by atoms with van der Waals surface area (Å²) in [6.07, 6.45) is 1.64. The predicted octanol–water partition coefficient (Wildman–Crippen LogP) is 3.14. The number of rotatable bonds is 2. The molecule has 0 spiro atoms. The van der Waals surface area contributed by atoms with Crippen molar-refractivity contribution in [3.63, 3.8) is 0 Å². The maximum atomic E-state index is 12.9. The molecule has 0 aliphatic heterocycles. The number of anilines is 1. The number of pyridine rings is 1. The molecule has 0 fully saturated rings. The summed E-state index contributed by atoms with van der Waals surface area (Å²) in [6, 6.07) is 8.97. The van der Waals surface area contributed by atoms with Gasteiger partial charge in [-0.05, 0) is 30.3 Å². The number of carbonyl (C=O) groups is 1. The van der Waals surface area contributed by atoms with Crippen LogP contribution in [0.3, 0.4) is 0 Å². The standard InChI is InChI=1S/C12H9FN2OS/c13-8-3-1-4-9(7-8)15-11(16)10-5-2-6-14-12(10)17/h1-7H,(H,14,17)(H,15,16). The van der Waals surface area contributed by atoms with E-state index in [1.165, 1.54) is 18.2 Å². The van der Waals surface area contributed by atoms with Gasteiger partial charge in [0.15, 0.2) is 0 Å². The van der Waals surface area contributed by atoms with Gasteiger partial charge in [-0.3, -0.25) is 4.79 Å². The number of aromatic amines is 1. The maximum absolute atomic E-state index is 12.9. The van der Waals surface area contributed by atoms with Crippen molar-refractivity contribution >= 4 is 23.8 Å². The maximum Gasteiger partial charge on any atom is 0.258 e. The lowest BCUT2D eigenvalue weighted by atomic mass is 10.2. The highest BCUT2D eigenvalue weighted by molar-refractivity contribution is 7.71. The van der Waals surface area contributed by atoms with Crippen molar-refractivity contribution in [3.05, 3.63) is 58.6 Å². The van der Waals surface area contributed by atoms with Gasteiger partial charge >= 0.3 is 0 Å². The summed E-state index contributed by atoms with van der Waals surface area (Å²) in [5, 5.41) is 2.57. The van der Waals surface area contributed by atoms with Crippen LogP contribution < -0.4 is 5.32 Å². The fraction of sp³-hybridized carbons (Fsp3) is 0. The summed E-state index contributed by atoms with van der Waals surface area (Å²) >= 11 is 4.98. The highest BCUT2D eigenvalue weighted by Crippen LogP contribution is 2.11. The van der Waals surface area contributed by atoms with Crippen LogP contribution in [0.25, 0.3) is 0 Å². The second-order valence-electron chi connectivity index (χ2n) is 3.38. The number of hydrogen-bond donors (Lipinski definition) is 2. The van der Waals surface area contributed by atoms with E-state index in [4.69, 9.17) is 12.2 Å². The topological polar surface area (TPSA) is 44.9 Å². The van der Waals surface area contributed by atoms with Crippen molar-refractivity contribution in [2.75, 3.05) is 5.32 Å². The SMILES string of the molecule is O=C(Nc1cccc(F)c1)c1ccc[nH]c1=S. The van der Waals surface area contributed by atoms with E-state index in [0.717, 1.165) is 0 Å². The third-order valence-corrected chi connectivity index (χ3v) is 2.48. The molecular formula is C12H9FN2OS. The third-order valence-electron chi connectivity index (χ3n) is 2.15. The van der Waals surface area contributed by atoms with Crippen LogP contribution in [-0.2, 0) is 0 Å². The first kappa shape index (κ1) is 11.5. The van der Waals surface area contributed by atoms with Crippen LogP contribution in [0.15, 0.2) is 42.6 Å². The van der Waals surface area contributed by atoms with Gasteiger partial charge in [0.1, 0.15) is 10.5 Å². The number of hydrogen-bond acceptors (Lipinski definition) is 2. The molecule has 0 atom stereocenters. The van der Waals surface area contributed by atoms with Gasteiger partial charge in [0, 0.05) is 11.9 Å². The molecule has 2 aromatic rings. The lowest BCUT2D eigenvalue weighted by molar-refractivity contribution is 0.102. The fourth-order valence-electron chi connectivity index (χ4n) is 1.37. The molecule has 1 aromatic carbocycles. The van der Waals surface area contributed by atoms with Crippen molar-refractivity contribution in [2.24, 2.45) is 0 Å². The average Bonchev–Trinajstić information content (AvgIpc) is 2.29. The highest BCUT2D eigenvalue weighted by Gasteiger charge is 2.07. The summed E-state index contributed by atoms with van der Waals surface area (Å²) < 4.78 is 13.3. The molecule has 1 amide bonds. The van der Waals surface area contributed by atoms with E-state index in [2.05, 4.69) is 10.3 Å². The van der Waals surface area contributed by atoms with E-state index in [0.29, 0.717) is 15.9 Å². The van der Waals surface area contributed by atoms with E-state index in [1.807, 2.05) is 0 Å². The van der Waals surface area contributed by atoms with Gasteiger partial charge in [-0.2, -0.15) is 0 Å². The molecule has 0 bridgehead atoms. The number of carbonyl (C=O) groups excluding carboxylic acids is 1. The van der Waals surface area contributed by atoms with Crippen LogP contribution in [0.2, 0.25) is 0 Å². The van der Waals surface area contributed by atoms with E-state index in [1.54, 1.807) is 24.4 Å². The van der Waals surface area contributed by atoms with Crippen LogP contribution in [-0.4, -0.2) is 10.9 Å². The molecule has 0 saturated carbocycles. The van der Waals surface area contributed by atoms with Crippen molar-refractivity contribution in [1.29, 1.82) is 0 Å². The Morgan fingerprint density at radius 1 is 1.29 bits per heavy atom. The van der Waals surface area contributed by atoms with Crippen LogP contribution in [0.1, 0.15) is 10.4 Å². The Morgan fingerprint density at radius 2 is 2.12 bits per heavy atom. The summed E-state index contributed by atoms with van der Waals surface area (Å²) in [7, 11) is 0. The van der Waals surface area contributed by atoms with E-state index < -0.39 is 5.82 Å². The molecule has 3 nitrogen and oxygen atoms in total. The van der Waals surface area contributed by atoms with E-state index >= 15 is 0 Å². The molecule has 17 heavy (non-hydrogen) atoms. The van der Waals surface area contributed by atoms with Gasteiger partial charge in [-0.1, -0.05) is 18.3 Å². The van der Waals surface area contributed by atoms with Crippen LogP contribution in [0.4, 0.5) is 10.1 Å². The van der Waals surface area contributed by atoms with Gasteiger partial charge in [-0.15, -0.1) is 0 Å². The zero-order valence-corrected chi connectivity index (χ0v) is 9.55. The van der Waals surface area contributed by atoms with Crippen LogP contribution >= 0.6 is 12.2 Å². The van der Waals surface area contributed by atoms with Gasteiger partial charge in [-0.25, -0.2) is 4.39 Å². The zero-order valence-electron chi connectivity index (χ0n) is 8.74. The van der Waals surface area contributed by atoms with Crippen molar-refractivity contribution in [1.82, 2.24) is 4.98 Å². The predicted molar refractivity (Wildman–Crippen MR) is 66.0 cm³/mol. The van der Waals surface area contributed by atoms with Crippen LogP contribution in [0.5, 0.6) is 0 Å². The molecule has 2 N–H and O–H groups in total. The Hall–Kier alpha value is -2.01. The van der Waals surface area contributed by atoms with Gasteiger partial charge in [0.25, 0.3) is 5.91 Å². The quantitative estimate of drug-likeness (QED) is 0.802. The minimum atomic E-state index is -0.402. The first-order valence-corrected chi connectivity index (χ1v) is 5.32. The largest absolute Gasteiger partial charge is 0.352 e. The fourth-order valence-corrected chi connectivity index (χ4v) is 1.59. The average molecular weight is 248 g/mol. The Balaban J connectivity index is 2.23. The second-order valence-corrected chi connectivity index (χ2v) is 3.79. The van der Waals surface area contributed by atoms with E-state index in [-0.39, 0.29) is 5.91 Å². The molecule has 0 aliphatic rings. The van der Waals surface area contributed by atoms with E-state index in [9.17, 15) is 9.18 Å². The Kier molecular flexibility index (Phi) is 3.30. The minimum Gasteiger partial charge on any atom is -0.352 e. The van der Waals surface area contributed by atoms with Gasteiger partial charge in [0.05, 0.1) is 5.56 Å². The van der Waals surface area contributed by atoms with Crippen LogP contribution in [0, 0.1) is 10.5 Å². The van der Waals surface area contributed by atoms with Crippen molar-refractivity contribution in [2.45, 2.75) is 0 Å². The van der Waals surface area contributed by atoms with Crippen molar-refractivity contribution in [3.8, 4) is 0 Å². The molecule has 2 rings (SSSR count). The molecule has 0 radical (unpaired) electrons. The first-order valence-electron chi connectivity index (χ1n) is 4.91. The summed E-state index contributed by atoms with van der Waals surface area (Å²) in [5.41, 5.74) is 0.750. The second kappa shape index (κ2) is 4.88. The molecule has 0 saturated heterocycles. The number of nitrogens with one attached hydrogen (secondary N) is 2. The molecule has 1 heterocycles. The number of benzene rings is 1. The number of amides is 1. The molecule has 86 valence electrons. The lowest BCUT2D eigenvalue weighted by Gasteiger charge is -2.04. The summed E-state index contributed by atoms with van der Waals surface area (Å²) in [4.78, 5) is 14.6. The lowest BCUT2D eigenvalue weighted by Crippen LogP contribution is -2.12. The van der Waals surface area contributed by atoms with Gasteiger partial charge in [0.2, 0.25) is 0 Å². The number of halogens is 1. The third kappa shape index (κ3) is 2.76. The first-order chi connectivity index (χ1) is 8.16. The Morgan fingerprint density at radius 3 is 2.82 bits per heavy atom. The van der Waals surface area contributed by atoms with Crippen molar-refractivity contribution < 1.29 is 9.18 Å². The molecule has 5 heteroatoms. The molecule has 0 unspecified atom stereocenters. The van der Waals surface area contributed by atoms with Gasteiger partial charge < -0.3 is 10.3 Å². The Labute approximate surface area is 102 Å². The summed E-state index contributed by atoms with van der Waals surface area (Å²) in [6.45, 7) is 0. The number of aromatic nitrogens is 1. The molecule has 0 aliphatic carbocycles. The minimum absolute atomic E-state index is 0.349. The number of H-pyrrole nitrogens is 1. The highest BCUT2D eigenvalue weighted by atomic mass is 32.1.